The van der Waals surface area contributed by atoms with Gasteiger partial charge in [-0.2, -0.15) is 0 Å². The van der Waals surface area contributed by atoms with Crippen LogP contribution >= 0.6 is 11.6 Å². The highest BCUT2D eigenvalue weighted by molar-refractivity contribution is 6.30. The molecule has 3 amide bonds. The molecule has 2 aliphatic heterocycles. The lowest BCUT2D eigenvalue weighted by atomic mass is 9.87. The molecule has 180 valence electrons. The number of benzene rings is 2. The van der Waals surface area contributed by atoms with E-state index in [2.05, 4.69) is 5.32 Å². The first-order valence-corrected chi connectivity index (χ1v) is 12.2. The molecule has 2 saturated heterocycles. The third-order valence-electron chi connectivity index (χ3n) is 6.73. The molecule has 8 heteroatoms. The van der Waals surface area contributed by atoms with Crippen LogP contribution in [0.2, 0.25) is 5.02 Å². The van der Waals surface area contributed by atoms with Crippen LogP contribution in [0.25, 0.3) is 0 Å². The highest BCUT2D eigenvalue weighted by atomic mass is 35.5. The third-order valence-corrected chi connectivity index (χ3v) is 6.98. The van der Waals surface area contributed by atoms with Crippen LogP contribution in [0, 0.1) is 11.7 Å². The molecule has 2 aromatic rings. The number of hydrogen-bond acceptors (Lipinski definition) is 3. The van der Waals surface area contributed by atoms with Crippen LogP contribution < -0.4 is 5.32 Å². The fourth-order valence-electron chi connectivity index (χ4n) is 4.77. The van der Waals surface area contributed by atoms with E-state index >= 15 is 0 Å². The van der Waals surface area contributed by atoms with Crippen molar-refractivity contribution >= 4 is 29.3 Å². The van der Waals surface area contributed by atoms with Crippen LogP contribution in [0.5, 0.6) is 0 Å². The van der Waals surface area contributed by atoms with Gasteiger partial charge in [-0.1, -0.05) is 23.7 Å². The number of nitrogens with one attached hydrogen (secondary N) is 1. The van der Waals surface area contributed by atoms with E-state index in [1.54, 1.807) is 40.1 Å². The first-order valence-electron chi connectivity index (χ1n) is 11.8. The zero-order valence-electron chi connectivity index (χ0n) is 19.0. The summed E-state index contributed by atoms with van der Waals surface area (Å²) >= 11 is 5.93. The first kappa shape index (κ1) is 24.2. The lowest BCUT2D eigenvalue weighted by molar-refractivity contribution is -0.136. The van der Waals surface area contributed by atoms with Crippen molar-refractivity contribution < 1.29 is 18.8 Å². The molecule has 0 radical (unpaired) electrons. The smallest absolute Gasteiger partial charge is 0.254 e. The molecule has 2 aromatic carbocycles. The van der Waals surface area contributed by atoms with Crippen molar-refractivity contribution in [2.75, 3.05) is 26.2 Å². The number of likely N-dealkylation sites (tertiary alicyclic amines) is 2. The van der Waals surface area contributed by atoms with Crippen LogP contribution in [0.3, 0.4) is 0 Å². The van der Waals surface area contributed by atoms with E-state index in [0.717, 1.165) is 19.3 Å². The van der Waals surface area contributed by atoms with E-state index < -0.39 is 17.8 Å². The van der Waals surface area contributed by atoms with Gasteiger partial charge in [-0.3, -0.25) is 14.4 Å². The Kier molecular flexibility index (Phi) is 7.83. The molecular formula is C26H29ClFN3O3. The van der Waals surface area contributed by atoms with Gasteiger partial charge in [0.1, 0.15) is 11.9 Å². The van der Waals surface area contributed by atoms with Crippen LogP contribution in [-0.2, 0) is 4.79 Å². The maximum absolute atomic E-state index is 14.2. The van der Waals surface area contributed by atoms with E-state index in [9.17, 15) is 18.8 Å². The van der Waals surface area contributed by atoms with E-state index in [4.69, 9.17) is 11.6 Å². The fraction of sp³-hybridized carbons (Fsp3) is 0.423. The van der Waals surface area contributed by atoms with Crippen molar-refractivity contribution in [1.29, 1.82) is 0 Å². The lowest BCUT2D eigenvalue weighted by Crippen LogP contribution is -2.55. The second-order valence-corrected chi connectivity index (χ2v) is 9.39. The number of carbonyl (C=O) groups excluding carboxylic acids is 3. The number of nitrogens with zero attached hydrogens (tertiary/aromatic N) is 2. The number of halogens is 2. The molecular weight excluding hydrogens is 457 g/mol. The molecule has 1 unspecified atom stereocenters. The van der Waals surface area contributed by atoms with E-state index in [0.29, 0.717) is 49.6 Å². The van der Waals surface area contributed by atoms with Crippen molar-refractivity contribution in [3.8, 4) is 0 Å². The van der Waals surface area contributed by atoms with Crippen molar-refractivity contribution in [2.45, 2.75) is 38.1 Å². The maximum Gasteiger partial charge on any atom is 0.254 e. The Balaban J connectivity index is 1.47. The summed E-state index contributed by atoms with van der Waals surface area (Å²) < 4.78 is 14.2. The number of hydrogen-bond donors (Lipinski definition) is 1. The summed E-state index contributed by atoms with van der Waals surface area (Å²) in [6.45, 7) is 2.29. The second kappa shape index (κ2) is 11.0. The quantitative estimate of drug-likeness (QED) is 0.692. The average molecular weight is 486 g/mol. The van der Waals surface area contributed by atoms with Crippen molar-refractivity contribution in [1.82, 2.24) is 15.1 Å². The Labute approximate surface area is 204 Å². The summed E-state index contributed by atoms with van der Waals surface area (Å²) in [6, 6.07) is 11.8. The zero-order chi connectivity index (χ0) is 24.1. The Morgan fingerprint density at radius 1 is 0.882 bits per heavy atom. The lowest BCUT2D eigenvalue weighted by Gasteiger charge is -2.38. The summed E-state index contributed by atoms with van der Waals surface area (Å²) in [5.41, 5.74) is 0.492. The molecule has 0 aromatic heterocycles. The molecule has 0 bridgehead atoms. The molecule has 2 heterocycles. The third kappa shape index (κ3) is 5.58. The van der Waals surface area contributed by atoms with Crippen molar-refractivity contribution in [3.05, 3.63) is 70.5 Å². The highest BCUT2D eigenvalue weighted by Crippen LogP contribution is 2.25. The van der Waals surface area contributed by atoms with Crippen LogP contribution in [-0.4, -0.2) is 59.7 Å². The average Bonchev–Trinajstić information content (AvgIpc) is 2.88. The minimum atomic E-state index is -0.752. The largest absolute Gasteiger partial charge is 0.341 e. The summed E-state index contributed by atoms with van der Waals surface area (Å²) in [4.78, 5) is 42.8. The molecule has 34 heavy (non-hydrogen) atoms. The normalized spacial score (nSPS) is 17.8. The minimum Gasteiger partial charge on any atom is -0.341 e. The number of carbonyl (C=O) groups is 3. The van der Waals surface area contributed by atoms with Crippen LogP contribution in [0.1, 0.15) is 52.8 Å². The Hall–Kier alpha value is -2.93. The molecule has 0 saturated carbocycles. The summed E-state index contributed by atoms with van der Waals surface area (Å²) in [7, 11) is 0. The molecule has 1 N–H and O–H groups in total. The highest BCUT2D eigenvalue weighted by Gasteiger charge is 2.37. The summed E-state index contributed by atoms with van der Waals surface area (Å²) in [5, 5.41) is 3.40. The van der Waals surface area contributed by atoms with Gasteiger partial charge in [0.25, 0.3) is 11.8 Å². The van der Waals surface area contributed by atoms with Gasteiger partial charge in [0, 0.05) is 36.8 Å². The Morgan fingerprint density at radius 2 is 1.53 bits per heavy atom. The molecule has 0 spiro atoms. The topological polar surface area (TPSA) is 69.7 Å². The second-order valence-electron chi connectivity index (χ2n) is 8.95. The van der Waals surface area contributed by atoms with Crippen LogP contribution in [0.4, 0.5) is 4.39 Å². The number of rotatable bonds is 5. The molecule has 6 nitrogen and oxygen atoms in total. The van der Waals surface area contributed by atoms with E-state index in [-0.39, 0.29) is 23.3 Å². The van der Waals surface area contributed by atoms with Gasteiger partial charge in [0.2, 0.25) is 5.91 Å². The van der Waals surface area contributed by atoms with Gasteiger partial charge in [-0.15, -0.1) is 0 Å². The molecule has 2 aliphatic rings. The molecule has 0 aliphatic carbocycles. The minimum absolute atomic E-state index is 0.0747. The molecule has 1 atom stereocenters. The Morgan fingerprint density at radius 3 is 2.18 bits per heavy atom. The van der Waals surface area contributed by atoms with Crippen molar-refractivity contribution in [2.24, 2.45) is 5.92 Å². The van der Waals surface area contributed by atoms with Gasteiger partial charge < -0.3 is 15.1 Å². The SMILES string of the molecule is O=C(NC(C(=O)N1CCCCC1)C1CCN(C(=O)c2ccc(Cl)cc2)CC1)c1ccccc1F. The van der Waals surface area contributed by atoms with Gasteiger partial charge >= 0.3 is 0 Å². The molecule has 4 rings (SSSR count). The Bertz CT molecular complexity index is 1030. The number of amides is 3. The maximum atomic E-state index is 14.2. The zero-order valence-corrected chi connectivity index (χ0v) is 19.8. The van der Waals surface area contributed by atoms with E-state index in [1.165, 1.54) is 18.2 Å². The summed E-state index contributed by atoms with van der Waals surface area (Å²) in [6.07, 6.45) is 4.10. The van der Waals surface area contributed by atoms with Gasteiger partial charge in [-0.05, 0) is 74.4 Å². The van der Waals surface area contributed by atoms with Gasteiger partial charge in [0.05, 0.1) is 5.56 Å². The predicted octanol–water partition coefficient (Wildman–Crippen LogP) is 4.14. The predicted molar refractivity (Wildman–Crippen MR) is 128 cm³/mol. The standard InChI is InChI=1S/C26H29ClFN3O3/c27-20-10-8-19(9-11-20)25(33)31-16-12-18(13-17-31)23(26(34)30-14-4-1-5-15-30)29-24(32)21-6-2-3-7-22(21)28/h2-3,6-11,18,23H,1,4-5,12-17H2,(H,29,32). The van der Waals surface area contributed by atoms with Crippen LogP contribution in [0.15, 0.2) is 48.5 Å². The number of piperidine rings is 2. The van der Waals surface area contributed by atoms with Gasteiger partial charge in [-0.25, -0.2) is 4.39 Å². The van der Waals surface area contributed by atoms with E-state index in [1.807, 2.05) is 0 Å². The van der Waals surface area contributed by atoms with Gasteiger partial charge in [0.15, 0.2) is 0 Å². The summed E-state index contributed by atoms with van der Waals surface area (Å²) in [5.74, 6) is -1.55. The molecule has 2 fully saturated rings. The van der Waals surface area contributed by atoms with Crippen molar-refractivity contribution in [3.63, 3.8) is 0 Å². The first-order chi connectivity index (χ1) is 16.4. The monoisotopic (exact) mass is 485 g/mol. The fourth-order valence-corrected chi connectivity index (χ4v) is 4.89.